The highest BCUT2D eigenvalue weighted by Crippen LogP contribution is 2.50. The third kappa shape index (κ3) is 2.66. The zero-order valence-corrected chi connectivity index (χ0v) is 13.7. The Hall–Kier alpha value is -2.12. The Kier molecular flexibility index (Phi) is 4.23. The van der Waals surface area contributed by atoms with Crippen molar-refractivity contribution in [3.8, 4) is 23.8 Å². The first-order valence-electron chi connectivity index (χ1n) is 7.97. The molecule has 0 bridgehead atoms. The van der Waals surface area contributed by atoms with Gasteiger partial charge in [0.1, 0.15) is 6.61 Å². The fourth-order valence-corrected chi connectivity index (χ4v) is 3.82. The van der Waals surface area contributed by atoms with Crippen molar-refractivity contribution in [3.63, 3.8) is 0 Å². The number of allylic oxidation sites excluding steroid dienone is 1. The fourth-order valence-electron chi connectivity index (χ4n) is 3.82. The van der Waals surface area contributed by atoms with E-state index in [1.54, 1.807) is 7.11 Å². The van der Waals surface area contributed by atoms with Crippen molar-refractivity contribution in [2.75, 3.05) is 27.3 Å². The second-order valence-electron chi connectivity index (χ2n) is 6.27. The van der Waals surface area contributed by atoms with Crippen LogP contribution in [0.3, 0.4) is 0 Å². The third-order valence-corrected chi connectivity index (χ3v) is 5.02. The van der Waals surface area contributed by atoms with Gasteiger partial charge >= 0.3 is 0 Å². The lowest BCUT2D eigenvalue weighted by atomic mass is 9.70. The Morgan fingerprint density at radius 3 is 2.96 bits per heavy atom. The molecule has 1 N–H and O–H groups in total. The Bertz CT molecular complexity index is 661. The molecule has 1 aliphatic carbocycles. The highest BCUT2D eigenvalue weighted by Gasteiger charge is 2.45. The van der Waals surface area contributed by atoms with Crippen LogP contribution in [0.15, 0.2) is 30.0 Å². The van der Waals surface area contributed by atoms with Crippen LogP contribution in [0.25, 0.3) is 0 Å². The molecule has 1 aliphatic heterocycles. The number of fused-ring (bicyclic) bond motifs is 1. The summed E-state index contributed by atoms with van der Waals surface area (Å²) in [7, 11) is 3.71. The number of rotatable bonds is 4. The number of aliphatic hydroxyl groups excluding tert-OH is 1. The largest absolute Gasteiger partial charge is 0.493 e. The van der Waals surface area contributed by atoms with Crippen molar-refractivity contribution in [1.29, 1.82) is 0 Å². The normalized spacial score (nSPS) is 26.3. The Morgan fingerprint density at radius 2 is 2.22 bits per heavy atom. The number of ether oxygens (including phenoxy) is 2. The minimum Gasteiger partial charge on any atom is -0.493 e. The molecule has 0 spiro atoms. The van der Waals surface area contributed by atoms with Gasteiger partial charge in [0.2, 0.25) is 0 Å². The maximum Gasteiger partial charge on any atom is 0.162 e. The second-order valence-corrected chi connectivity index (χ2v) is 6.27. The van der Waals surface area contributed by atoms with Crippen LogP contribution in [0.1, 0.15) is 24.8 Å². The molecule has 1 aromatic carbocycles. The van der Waals surface area contributed by atoms with Gasteiger partial charge in [0.15, 0.2) is 11.5 Å². The van der Waals surface area contributed by atoms with Crippen LogP contribution in [-0.2, 0) is 5.41 Å². The van der Waals surface area contributed by atoms with E-state index < -0.39 is 0 Å². The van der Waals surface area contributed by atoms with Gasteiger partial charge in [-0.05, 0) is 43.0 Å². The van der Waals surface area contributed by atoms with Gasteiger partial charge < -0.3 is 19.5 Å². The fraction of sp³-hybridized carbons (Fsp3) is 0.474. The van der Waals surface area contributed by atoms with Crippen LogP contribution in [0.4, 0.5) is 0 Å². The molecule has 4 heteroatoms. The van der Waals surface area contributed by atoms with Gasteiger partial charge in [-0.1, -0.05) is 12.0 Å². The molecule has 122 valence electrons. The summed E-state index contributed by atoms with van der Waals surface area (Å²) in [5, 5.41) is 10.0. The molecule has 2 atom stereocenters. The van der Waals surface area contributed by atoms with E-state index in [0.29, 0.717) is 11.5 Å². The van der Waals surface area contributed by atoms with Crippen LogP contribution in [0.5, 0.6) is 11.5 Å². The first-order chi connectivity index (χ1) is 11.1. The molecule has 1 fully saturated rings. The number of terminal acetylenes is 1. The quantitative estimate of drug-likeness (QED) is 0.866. The summed E-state index contributed by atoms with van der Waals surface area (Å²) in [6.45, 7) is 1.21. The van der Waals surface area contributed by atoms with E-state index >= 15 is 0 Å². The number of likely N-dealkylation sites (tertiary alicyclic amines) is 1. The Balaban J connectivity index is 2.03. The molecule has 0 aromatic heterocycles. The minimum absolute atomic E-state index is 0.0471. The molecule has 2 aliphatic rings. The lowest BCUT2D eigenvalue weighted by Gasteiger charge is -2.37. The van der Waals surface area contributed by atoms with E-state index in [4.69, 9.17) is 15.9 Å². The SMILES string of the molecule is C#CCOc1cc([C@@]23CC[C@H](O)C=C2N(C)CC3)ccc1OC. The minimum atomic E-state index is -0.353. The van der Waals surface area contributed by atoms with Crippen LogP contribution in [-0.4, -0.2) is 43.4 Å². The summed E-state index contributed by atoms with van der Waals surface area (Å²) in [5.74, 6) is 3.86. The molecule has 0 unspecified atom stereocenters. The van der Waals surface area contributed by atoms with Crippen LogP contribution in [0, 0.1) is 12.3 Å². The Morgan fingerprint density at radius 1 is 1.39 bits per heavy atom. The lowest BCUT2D eigenvalue weighted by Crippen LogP contribution is -2.33. The van der Waals surface area contributed by atoms with Crippen molar-refractivity contribution in [2.24, 2.45) is 0 Å². The molecular weight excluding hydrogens is 290 g/mol. The molecule has 1 saturated heterocycles. The summed E-state index contributed by atoms with van der Waals surface area (Å²) < 4.78 is 11.0. The molecular formula is C19H23NO3. The second kappa shape index (κ2) is 6.17. The number of likely N-dealkylation sites (N-methyl/N-ethyl adjacent to an activating group) is 1. The van der Waals surface area contributed by atoms with Crippen LogP contribution >= 0.6 is 0 Å². The zero-order valence-electron chi connectivity index (χ0n) is 13.7. The number of hydrogen-bond donors (Lipinski definition) is 1. The smallest absolute Gasteiger partial charge is 0.162 e. The Labute approximate surface area is 137 Å². The molecule has 1 heterocycles. The standard InChI is InChI=1S/C19H23NO3/c1-4-11-23-17-12-14(5-6-16(17)22-3)19-8-7-15(21)13-18(19)20(2)10-9-19/h1,5-6,12-13,15,21H,7-11H2,2-3H3/t15-,19-/m0/s1. The average Bonchev–Trinajstić information content (AvgIpc) is 2.90. The number of aliphatic hydroxyl groups is 1. The van der Waals surface area contributed by atoms with E-state index in [-0.39, 0.29) is 18.1 Å². The van der Waals surface area contributed by atoms with Crippen molar-refractivity contribution < 1.29 is 14.6 Å². The molecule has 0 amide bonds. The van der Waals surface area contributed by atoms with Gasteiger partial charge in [-0.2, -0.15) is 0 Å². The van der Waals surface area contributed by atoms with Gasteiger partial charge in [-0.3, -0.25) is 0 Å². The number of methoxy groups -OCH3 is 1. The van der Waals surface area contributed by atoms with Gasteiger partial charge in [0.25, 0.3) is 0 Å². The van der Waals surface area contributed by atoms with Crippen LogP contribution < -0.4 is 9.47 Å². The van der Waals surface area contributed by atoms with E-state index in [2.05, 4.69) is 23.9 Å². The highest BCUT2D eigenvalue weighted by molar-refractivity contribution is 5.49. The molecule has 23 heavy (non-hydrogen) atoms. The van der Waals surface area contributed by atoms with E-state index in [1.807, 2.05) is 18.2 Å². The monoisotopic (exact) mass is 313 g/mol. The zero-order chi connectivity index (χ0) is 16.4. The van der Waals surface area contributed by atoms with Gasteiger partial charge in [-0.25, -0.2) is 0 Å². The van der Waals surface area contributed by atoms with E-state index in [0.717, 1.165) is 25.8 Å². The molecule has 0 radical (unpaired) electrons. The lowest BCUT2D eigenvalue weighted by molar-refractivity contribution is 0.181. The molecule has 0 saturated carbocycles. The summed E-state index contributed by atoms with van der Waals surface area (Å²) in [6, 6.07) is 6.09. The third-order valence-electron chi connectivity index (χ3n) is 5.02. The molecule has 3 rings (SSSR count). The van der Waals surface area contributed by atoms with Gasteiger partial charge in [0.05, 0.1) is 13.2 Å². The molecule has 1 aromatic rings. The van der Waals surface area contributed by atoms with E-state index in [9.17, 15) is 5.11 Å². The van der Waals surface area contributed by atoms with Gasteiger partial charge in [-0.15, -0.1) is 6.42 Å². The van der Waals surface area contributed by atoms with Crippen molar-refractivity contribution in [3.05, 3.63) is 35.5 Å². The van der Waals surface area contributed by atoms with Crippen molar-refractivity contribution in [1.82, 2.24) is 4.90 Å². The van der Waals surface area contributed by atoms with E-state index in [1.165, 1.54) is 11.3 Å². The summed E-state index contributed by atoms with van der Waals surface area (Å²) in [4.78, 5) is 2.24. The predicted octanol–water partition coefficient (Wildman–Crippen LogP) is 2.32. The number of nitrogens with zero attached hydrogens (tertiary/aromatic N) is 1. The summed E-state index contributed by atoms with van der Waals surface area (Å²) in [6.07, 6.45) is 9.72. The van der Waals surface area contributed by atoms with Crippen molar-refractivity contribution >= 4 is 0 Å². The average molecular weight is 313 g/mol. The van der Waals surface area contributed by atoms with Crippen LogP contribution in [0.2, 0.25) is 0 Å². The summed E-state index contributed by atoms with van der Waals surface area (Å²) in [5.41, 5.74) is 2.37. The number of hydrogen-bond acceptors (Lipinski definition) is 4. The predicted molar refractivity (Wildman–Crippen MR) is 89.6 cm³/mol. The summed E-state index contributed by atoms with van der Waals surface area (Å²) >= 11 is 0. The highest BCUT2D eigenvalue weighted by atomic mass is 16.5. The number of benzene rings is 1. The topological polar surface area (TPSA) is 41.9 Å². The molecule has 4 nitrogen and oxygen atoms in total. The first kappa shape index (κ1) is 15.8. The van der Waals surface area contributed by atoms with Gasteiger partial charge in [0, 0.05) is 24.7 Å². The maximum absolute atomic E-state index is 10.0. The first-order valence-corrected chi connectivity index (χ1v) is 7.97. The maximum atomic E-state index is 10.0. The van der Waals surface area contributed by atoms with Crippen molar-refractivity contribution in [2.45, 2.75) is 30.8 Å².